The number of carbonyl (C=O) groups is 2. The van der Waals surface area contributed by atoms with Crippen molar-refractivity contribution in [2.24, 2.45) is 0 Å². The van der Waals surface area contributed by atoms with Gasteiger partial charge in [-0.25, -0.2) is 0 Å². The maximum absolute atomic E-state index is 11.0. The zero-order chi connectivity index (χ0) is 10.1. The summed E-state index contributed by atoms with van der Waals surface area (Å²) in [5.41, 5.74) is 0. The Morgan fingerprint density at radius 2 is 2.23 bits per heavy atom. The highest BCUT2D eigenvalue weighted by Gasteiger charge is 2.09. The Morgan fingerprint density at radius 1 is 1.54 bits per heavy atom. The number of ketones is 1. The molecule has 0 bridgehead atoms. The molecule has 0 aliphatic rings. The summed E-state index contributed by atoms with van der Waals surface area (Å²) in [7, 11) is 0. The number of Topliss-reactive ketones (excluding diaryl/α,β-unsaturated/α-hetero) is 1. The molecular weight excluding hydrogens is 188 g/mol. The number of ether oxygens (including phenoxy) is 1. The van der Waals surface area contributed by atoms with Gasteiger partial charge in [0.05, 0.1) is 12.4 Å². The first-order chi connectivity index (χ1) is 6.20. The maximum Gasteiger partial charge on any atom is 0.313 e. The van der Waals surface area contributed by atoms with Crippen molar-refractivity contribution in [1.29, 1.82) is 0 Å². The second-order valence-electron chi connectivity index (χ2n) is 2.32. The van der Waals surface area contributed by atoms with Crippen LogP contribution in [-0.2, 0) is 14.3 Å². The normalized spacial score (nSPS) is 9.31. The van der Waals surface area contributed by atoms with Crippen LogP contribution in [0.15, 0.2) is 12.7 Å². The van der Waals surface area contributed by atoms with E-state index >= 15 is 0 Å². The van der Waals surface area contributed by atoms with E-state index in [4.69, 9.17) is 0 Å². The molecule has 0 amide bonds. The van der Waals surface area contributed by atoms with E-state index in [0.717, 1.165) is 5.75 Å². The Bertz CT molecular complexity index is 189. The predicted octanol–water partition coefficient (Wildman–Crippen LogP) is 1.43. The molecular formula is C9H14O3S. The summed E-state index contributed by atoms with van der Waals surface area (Å²) < 4.78 is 4.63. The summed E-state index contributed by atoms with van der Waals surface area (Å²) in [6, 6.07) is 0. The molecule has 0 aromatic rings. The summed E-state index contributed by atoms with van der Waals surface area (Å²) in [6.45, 7) is 5.57. The fourth-order valence-corrected chi connectivity index (χ4v) is 1.29. The lowest BCUT2D eigenvalue weighted by molar-refractivity contribution is -0.145. The smallest absolute Gasteiger partial charge is 0.313 e. The van der Waals surface area contributed by atoms with Crippen LogP contribution in [0.5, 0.6) is 0 Å². The first kappa shape index (κ1) is 12.2. The van der Waals surface area contributed by atoms with Gasteiger partial charge in [-0.15, -0.1) is 18.3 Å². The van der Waals surface area contributed by atoms with Crippen LogP contribution in [-0.4, -0.2) is 29.9 Å². The lowest BCUT2D eigenvalue weighted by Crippen LogP contribution is -2.12. The predicted molar refractivity (Wildman–Crippen MR) is 53.8 cm³/mol. The molecule has 74 valence electrons. The average Bonchev–Trinajstić information content (AvgIpc) is 2.05. The van der Waals surface area contributed by atoms with Gasteiger partial charge in [0, 0.05) is 5.75 Å². The molecule has 4 heteroatoms. The number of hydrogen-bond donors (Lipinski definition) is 0. The number of carbonyl (C=O) groups excluding carboxylic acids is 2. The van der Waals surface area contributed by atoms with Gasteiger partial charge in [0.15, 0.2) is 5.78 Å². The van der Waals surface area contributed by atoms with Gasteiger partial charge in [0.1, 0.15) is 6.42 Å². The Kier molecular flexibility index (Phi) is 7.39. The fraction of sp³-hybridized carbons (Fsp3) is 0.556. The van der Waals surface area contributed by atoms with Gasteiger partial charge in [0.2, 0.25) is 0 Å². The van der Waals surface area contributed by atoms with Gasteiger partial charge in [-0.2, -0.15) is 0 Å². The Labute approximate surface area is 82.5 Å². The van der Waals surface area contributed by atoms with Crippen molar-refractivity contribution in [3.63, 3.8) is 0 Å². The van der Waals surface area contributed by atoms with E-state index in [-0.39, 0.29) is 12.2 Å². The van der Waals surface area contributed by atoms with Gasteiger partial charge < -0.3 is 4.74 Å². The van der Waals surface area contributed by atoms with E-state index in [1.165, 1.54) is 11.8 Å². The summed E-state index contributed by atoms with van der Waals surface area (Å²) in [4.78, 5) is 21.9. The van der Waals surface area contributed by atoms with Gasteiger partial charge in [-0.1, -0.05) is 6.08 Å². The van der Waals surface area contributed by atoms with Crippen LogP contribution < -0.4 is 0 Å². The quantitative estimate of drug-likeness (QED) is 0.271. The highest BCUT2D eigenvalue weighted by atomic mass is 32.2. The lowest BCUT2D eigenvalue weighted by Gasteiger charge is -2.00. The first-order valence-electron chi connectivity index (χ1n) is 4.06. The molecule has 0 unspecified atom stereocenters. The molecule has 0 fully saturated rings. The number of esters is 1. The zero-order valence-corrected chi connectivity index (χ0v) is 8.56. The molecule has 0 spiro atoms. The number of hydrogen-bond acceptors (Lipinski definition) is 4. The zero-order valence-electron chi connectivity index (χ0n) is 7.75. The Morgan fingerprint density at radius 3 is 2.77 bits per heavy atom. The molecule has 0 saturated carbocycles. The minimum absolute atomic E-state index is 0.0923. The Hall–Kier alpha value is -0.770. The molecule has 0 rings (SSSR count). The average molecular weight is 202 g/mol. The van der Waals surface area contributed by atoms with Crippen LogP contribution in [0.3, 0.4) is 0 Å². The van der Waals surface area contributed by atoms with Crippen molar-refractivity contribution in [3.8, 4) is 0 Å². The number of rotatable bonds is 7. The molecule has 0 N–H and O–H groups in total. The van der Waals surface area contributed by atoms with Crippen LogP contribution in [0.25, 0.3) is 0 Å². The van der Waals surface area contributed by atoms with Crippen molar-refractivity contribution in [1.82, 2.24) is 0 Å². The second kappa shape index (κ2) is 7.86. The molecule has 0 radical (unpaired) electrons. The largest absolute Gasteiger partial charge is 0.466 e. The molecule has 0 aliphatic heterocycles. The van der Waals surface area contributed by atoms with Gasteiger partial charge in [-0.05, 0) is 6.92 Å². The van der Waals surface area contributed by atoms with Crippen LogP contribution in [0.4, 0.5) is 0 Å². The molecule has 0 atom stereocenters. The SMILES string of the molecule is C=CCSCC(=O)CC(=O)OCC. The summed E-state index contributed by atoms with van der Waals surface area (Å²) >= 11 is 1.45. The molecule has 0 aromatic heterocycles. The fourth-order valence-electron chi connectivity index (χ4n) is 0.680. The Balaban J connectivity index is 3.49. The minimum atomic E-state index is -0.438. The van der Waals surface area contributed by atoms with Crippen molar-refractivity contribution >= 4 is 23.5 Å². The summed E-state index contributed by atoms with van der Waals surface area (Å²) in [5.74, 6) is 0.552. The maximum atomic E-state index is 11.0. The van der Waals surface area contributed by atoms with Crippen molar-refractivity contribution in [2.45, 2.75) is 13.3 Å². The monoisotopic (exact) mass is 202 g/mol. The second-order valence-corrected chi connectivity index (χ2v) is 3.35. The van der Waals surface area contributed by atoms with E-state index < -0.39 is 5.97 Å². The number of thioether (sulfide) groups is 1. The lowest BCUT2D eigenvalue weighted by atomic mass is 10.3. The molecule has 3 nitrogen and oxygen atoms in total. The van der Waals surface area contributed by atoms with Crippen LogP contribution in [0.1, 0.15) is 13.3 Å². The van der Waals surface area contributed by atoms with E-state index in [1.807, 2.05) is 0 Å². The third-order valence-electron chi connectivity index (χ3n) is 1.15. The van der Waals surface area contributed by atoms with Gasteiger partial charge >= 0.3 is 5.97 Å². The topological polar surface area (TPSA) is 43.4 Å². The molecule has 0 aliphatic carbocycles. The highest BCUT2D eigenvalue weighted by molar-refractivity contribution is 8.00. The standard InChI is InChI=1S/C9H14O3S/c1-3-5-13-7-8(10)6-9(11)12-4-2/h3H,1,4-7H2,2H3. The molecule has 0 aromatic carbocycles. The van der Waals surface area contributed by atoms with E-state index in [1.54, 1.807) is 13.0 Å². The summed E-state index contributed by atoms with van der Waals surface area (Å²) in [5, 5.41) is 0. The van der Waals surface area contributed by atoms with Crippen molar-refractivity contribution in [2.75, 3.05) is 18.1 Å². The third kappa shape index (κ3) is 7.59. The van der Waals surface area contributed by atoms with Crippen LogP contribution >= 0.6 is 11.8 Å². The van der Waals surface area contributed by atoms with E-state index in [0.29, 0.717) is 12.4 Å². The highest BCUT2D eigenvalue weighted by Crippen LogP contribution is 2.02. The summed E-state index contributed by atoms with van der Waals surface area (Å²) in [6.07, 6.45) is 1.61. The third-order valence-corrected chi connectivity index (χ3v) is 2.14. The molecule has 0 heterocycles. The van der Waals surface area contributed by atoms with Crippen molar-refractivity contribution < 1.29 is 14.3 Å². The van der Waals surface area contributed by atoms with E-state index in [9.17, 15) is 9.59 Å². The van der Waals surface area contributed by atoms with E-state index in [2.05, 4.69) is 11.3 Å². The van der Waals surface area contributed by atoms with Crippen LogP contribution in [0, 0.1) is 0 Å². The van der Waals surface area contributed by atoms with Crippen LogP contribution in [0.2, 0.25) is 0 Å². The first-order valence-corrected chi connectivity index (χ1v) is 5.22. The molecule has 0 saturated heterocycles. The van der Waals surface area contributed by atoms with Gasteiger partial charge in [-0.3, -0.25) is 9.59 Å². The van der Waals surface area contributed by atoms with Crippen molar-refractivity contribution in [3.05, 3.63) is 12.7 Å². The minimum Gasteiger partial charge on any atom is -0.466 e. The van der Waals surface area contributed by atoms with Gasteiger partial charge in [0.25, 0.3) is 0 Å². The molecule has 13 heavy (non-hydrogen) atoms.